The molecule has 3 N–H and O–H groups in total. The molecular formula is C16H37KO7P2. The van der Waals surface area contributed by atoms with Crippen molar-refractivity contribution in [3.8, 4) is 0 Å². The van der Waals surface area contributed by atoms with Gasteiger partial charge in [0, 0.05) is 0 Å². The zero-order valence-corrected chi connectivity index (χ0v) is 17.3. The third-order valence-corrected chi connectivity index (χ3v) is 6.15. The fourth-order valence-corrected chi connectivity index (χ4v) is 4.26. The van der Waals surface area contributed by atoms with E-state index in [1.807, 2.05) is 0 Å². The molecule has 0 saturated heterocycles. The number of hydrogen-bond acceptors (Lipinski definition) is 4. The monoisotopic (exact) mass is 442 g/mol. The van der Waals surface area contributed by atoms with Crippen molar-refractivity contribution in [2.45, 2.75) is 96.8 Å². The second-order valence-electron chi connectivity index (χ2n) is 6.47. The zero-order chi connectivity index (χ0) is 19.0. The second-order valence-corrected chi connectivity index (χ2v) is 9.30. The van der Waals surface area contributed by atoms with E-state index in [1.54, 1.807) is 0 Å². The SMILES string of the molecule is CCCCCCCCCCCCCCCCOP(=O)(O)OP(=O)(O)O.[KH]. The molecule has 0 aliphatic rings. The Balaban J connectivity index is 0. The average Bonchev–Trinajstić information content (AvgIpc) is 2.48. The summed E-state index contributed by atoms with van der Waals surface area (Å²) < 4.78 is 29.9. The van der Waals surface area contributed by atoms with Crippen molar-refractivity contribution in [3.63, 3.8) is 0 Å². The Morgan fingerprint density at radius 1 is 0.654 bits per heavy atom. The number of phosphoric ester groups is 1. The number of hydrogen-bond donors (Lipinski definition) is 3. The van der Waals surface area contributed by atoms with Gasteiger partial charge in [0.1, 0.15) is 0 Å². The van der Waals surface area contributed by atoms with Gasteiger partial charge in [0.25, 0.3) is 0 Å². The molecule has 0 aliphatic heterocycles. The van der Waals surface area contributed by atoms with Gasteiger partial charge < -0.3 is 14.7 Å². The van der Waals surface area contributed by atoms with Crippen LogP contribution in [0.4, 0.5) is 0 Å². The molecule has 0 amide bonds. The van der Waals surface area contributed by atoms with Gasteiger partial charge in [0.2, 0.25) is 0 Å². The number of unbranched alkanes of at least 4 members (excludes halogenated alkanes) is 13. The summed E-state index contributed by atoms with van der Waals surface area (Å²) in [6.07, 6.45) is 16.8. The maximum absolute atomic E-state index is 11.2. The summed E-state index contributed by atoms with van der Waals surface area (Å²) in [5, 5.41) is 0. The van der Waals surface area contributed by atoms with Crippen LogP contribution in [-0.2, 0) is 18.0 Å². The van der Waals surface area contributed by atoms with E-state index < -0.39 is 15.6 Å². The first kappa shape index (κ1) is 30.1. The Bertz CT molecular complexity index is 404. The summed E-state index contributed by atoms with van der Waals surface area (Å²) in [7, 11) is -9.68. The van der Waals surface area contributed by atoms with E-state index >= 15 is 0 Å². The van der Waals surface area contributed by atoms with Crippen molar-refractivity contribution in [2.75, 3.05) is 6.61 Å². The summed E-state index contributed by atoms with van der Waals surface area (Å²) in [6, 6.07) is 0. The molecule has 0 aromatic heterocycles. The molecule has 0 rings (SSSR count). The molecule has 0 aromatic carbocycles. The standard InChI is InChI=1S/C16H36O7P2.K.H/c1-2-3-4-5-6-7-8-9-10-11-12-13-14-15-16-22-25(20,21)23-24(17,18)19;;/h2-16H2,1H3,(H,20,21)(H2,17,18,19);;. The minimum absolute atomic E-state index is 0. The van der Waals surface area contributed by atoms with Crippen LogP contribution < -0.4 is 0 Å². The first-order valence-corrected chi connectivity index (χ1v) is 12.5. The van der Waals surface area contributed by atoms with Crippen LogP contribution in [0, 0.1) is 0 Å². The van der Waals surface area contributed by atoms with E-state index in [-0.39, 0.29) is 58.0 Å². The molecule has 0 saturated carbocycles. The van der Waals surface area contributed by atoms with Crippen LogP contribution in [0.25, 0.3) is 0 Å². The van der Waals surface area contributed by atoms with E-state index in [4.69, 9.17) is 14.7 Å². The molecule has 7 nitrogen and oxygen atoms in total. The van der Waals surface area contributed by atoms with Gasteiger partial charge in [-0.1, -0.05) is 90.4 Å². The molecule has 0 bridgehead atoms. The average molecular weight is 443 g/mol. The van der Waals surface area contributed by atoms with Crippen LogP contribution in [-0.4, -0.2) is 72.7 Å². The molecule has 10 heteroatoms. The van der Waals surface area contributed by atoms with Gasteiger partial charge in [-0.2, -0.15) is 4.31 Å². The molecule has 0 aliphatic carbocycles. The Morgan fingerprint density at radius 2 is 1.00 bits per heavy atom. The molecule has 0 spiro atoms. The quantitative estimate of drug-likeness (QED) is 0.155. The van der Waals surface area contributed by atoms with Crippen LogP contribution in [0.15, 0.2) is 0 Å². The molecule has 1 unspecified atom stereocenters. The normalized spacial score (nSPS) is 14.0. The van der Waals surface area contributed by atoms with Crippen LogP contribution >= 0.6 is 15.6 Å². The van der Waals surface area contributed by atoms with Crippen LogP contribution in [0.2, 0.25) is 0 Å². The second kappa shape index (κ2) is 18.9. The van der Waals surface area contributed by atoms with Gasteiger partial charge >= 0.3 is 67.0 Å². The zero-order valence-electron chi connectivity index (χ0n) is 15.5. The topological polar surface area (TPSA) is 113 Å². The Morgan fingerprint density at radius 3 is 1.35 bits per heavy atom. The maximum atomic E-state index is 11.2. The molecule has 1 atom stereocenters. The minimum atomic E-state index is -5.02. The van der Waals surface area contributed by atoms with Gasteiger partial charge in [-0.3, -0.25) is 4.52 Å². The predicted octanol–water partition coefficient (Wildman–Crippen LogP) is 5.05. The number of phosphoric acid groups is 2. The molecule has 0 heterocycles. The molecule has 154 valence electrons. The van der Waals surface area contributed by atoms with E-state index in [0.717, 1.165) is 19.3 Å². The van der Waals surface area contributed by atoms with E-state index in [0.29, 0.717) is 6.42 Å². The Hall–Kier alpha value is 1.90. The van der Waals surface area contributed by atoms with Crippen molar-refractivity contribution >= 4 is 67.0 Å². The summed E-state index contributed by atoms with van der Waals surface area (Å²) in [6.45, 7) is 2.19. The van der Waals surface area contributed by atoms with Crippen molar-refractivity contribution in [2.24, 2.45) is 0 Å². The molecule has 0 radical (unpaired) electrons. The van der Waals surface area contributed by atoms with Gasteiger partial charge in [0.15, 0.2) is 0 Å². The van der Waals surface area contributed by atoms with Crippen molar-refractivity contribution in [3.05, 3.63) is 0 Å². The van der Waals surface area contributed by atoms with Gasteiger partial charge in [0.05, 0.1) is 6.61 Å². The Labute approximate surface area is 201 Å². The van der Waals surface area contributed by atoms with Crippen molar-refractivity contribution in [1.82, 2.24) is 0 Å². The van der Waals surface area contributed by atoms with Crippen LogP contribution in [0.1, 0.15) is 96.8 Å². The summed E-state index contributed by atoms with van der Waals surface area (Å²) >= 11 is 0. The summed E-state index contributed by atoms with van der Waals surface area (Å²) in [5.41, 5.74) is 0. The first-order chi connectivity index (χ1) is 11.8. The van der Waals surface area contributed by atoms with E-state index in [1.165, 1.54) is 64.2 Å². The molecule has 0 aromatic rings. The fraction of sp³-hybridized carbons (Fsp3) is 1.00. The van der Waals surface area contributed by atoms with Crippen LogP contribution in [0.3, 0.4) is 0 Å². The molecule has 0 fully saturated rings. The van der Waals surface area contributed by atoms with E-state index in [2.05, 4.69) is 15.8 Å². The van der Waals surface area contributed by atoms with Crippen LogP contribution in [0.5, 0.6) is 0 Å². The third kappa shape index (κ3) is 23.9. The summed E-state index contributed by atoms with van der Waals surface area (Å²) in [5.74, 6) is 0. The van der Waals surface area contributed by atoms with Crippen molar-refractivity contribution in [1.29, 1.82) is 0 Å². The number of rotatable bonds is 18. The fourth-order valence-electron chi connectivity index (χ4n) is 2.63. The summed E-state index contributed by atoms with van der Waals surface area (Å²) in [4.78, 5) is 26.0. The molecule has 26 heavy (non-hydrogen) atoms. The van der Waals surface area contributed by atoms with E-state index in [9.17, 15) is 9.13 Å². The Kier molecular flexibility index (Phi) is 21.9. The van der Waals surface area contributed by atoms with Gasteiger partial charge in [-0.15, -0.1) is 0 Å². The molecular weight excluding hydrogens is 405 g/mol. The van der Waals surface area contributed by atoms with Gasteiger partial charge in [-0.05, 0) is 6.42 Å². The third-order valence-electron chi connectivity index (χ3n) is 3.96. The predicted molar refractivity (Wildman–Crippen MR) is 106 cm³/mol. The van der Waals surface area contributed by atoms with Gasteiger partial charge in [-0.25, -0.2) is 9.13 Å². The first-order valence-electron chi connectivity index (χ1n) is 9.51. The van der Waals surface area contributed by atoms with Crippen molar-refractivity contribution < 1.29 is 32.6 Å².